The molecule has 150 valence electrons. The lowest BCUT2D eigenvalue weighted by atomic mass is 10.2. The third kappa shape index (κ3) is 5.25. The van der Waals surface area contributed by atoms with Gasteiger partial charge in [-0.25, -0.2) is 0 Å². The Morgan fingerprint density at radius 1 is 1.10 bits per heavy atom. The van der Waals surface area contributed by atoms with Crippen LogP contribution in [0.4, 0.5) is 0 Å². The van der Waals surface area contributed by atoms with Crippen LogP contribution in [-0.2, 0) is 10.5 Å². The summed E-state index contributed by atoms with van der Waals surface area (Å²) >= 11 is 9.13. The molecule has 0 saturated carbocycles. The van der Waals surface area contributed by atoms with Gasteiger partial charge in [-0.15, -0.1) is 11.8 Å². The molecule has 1 atom stereocenters. The number of aromatic nitrogens is 2. The highest BCUT2D eigenvalue weighted by Gasteiger charge is 2.20. The molecular weight excluding hydrogens is 424 g/mol. The van der Waals surface area contributed by atoms with E-state index in [0.717, 1.165) is 42.0 Å². The average Bonchev–Trinajstić information content (AvgIpc) is 2.76. The van der Waals surface area contributed by atoms with Gasteiger partial charge < -0.3 is 4.74 Å². The standard InChI is InChI=1S/C22H21ClN2O2S2/c23-17-11-9-16(10-12-17)15-28-21-19(29-20-8-4-5-13-27-20)14-24-25(22(21)26)18-6-2-1-3-7-18/h1-3,6-7,9-12,14,20H,4-5,8,13,15H2/t20-/m1/s1. The molecule has 29 heavy (non-hydrogen) atoms. The van der Waals surface area contributed by atoms with E-state index < -0.39 is 0 Å². The summed E-state index contributed by atoms with van der Waals surface area (Å²) in [5.41, 5.74) is 1.85. The van der Waals surface area contributed by atoms with Gasteiger partial charge in [-0.05, 0) is 49.1 Å². The summed E-state index contributed by atoms with van der Waals surface area (Å²) in [5.74, 6) is 0.685. The smallest absolute Gasteiger partial charge is 0.286 e. The molecular formula is C22H21ClN2O2S2. The van der Waals surface area contributed by atoms with E-state index in [1.807, 2.05) is 54.6 Å². The predicted molar refractivity (Wildman–Crippen MR) is 120 cm³/mol. The minimum Gasteiger partial charge on any atom is -0.367 e. The van der Waals surface area contributed by atoms with Crippen LogP contribution in [0.5, 0.6) is 0 Å². The largest absolute Gasteiger partial charge is 0.367 e. The second-order valence-electron chi connectivity index (χ2n) is 6.72. The average molecular weight is 445 g/mol. The van der Waals surface area contributed by atoms with Crippen LogP contribution in [0.3, 0.4) is 0 Å². The molecule has 0 unspecified atom stereocenters. The van der Waals surface area contributed by atoms with Crippen molar-refractivity contribution in [2.45, 2.75) is 40.2 Å². The van der Waals surface area contributed by atoms with Gasteiger partial charge in [0.15, 0.2) is 0 Å². The Labute approximate surface area is 183 Å². The van der Waals surface area contributed by atoms with Crippen molar-refractivity contribution < 1.29 is 4.74 Å². The van der Waals surface area contributed by atoms with Crippen LogP contribution in [0.2, 0.25) is 5.02 Å². The quantitative estimate of drug-likeness (QED) is 0.450. The van der Waals surface area contributed by atoms with Crippen molar-refractivity contribution in [3.05, 3.63) is 81.7 Å². The maximum Gasteiger partial charge on any atom is 0.286 e. The van der Waals surface area contributed by atoms with Gasteiger partial charge in [0.25, 0.3) is 5.56 Å². The van der Waals surface area contributed by atoms with Gasteiger partial charge in [0.1, 0.15) is 5.44 Å². The van der Waals surface area contributed by atoms with Crippen LogP contribution in [-0.4, -0.2) is 21.8 Å². The third-order valence-corrected chi connectivity index (χ3v) is 7.33. The highest BCUT2D eigenvalue weighted by atomic mass is 35.5. The highest BCUT2D eigenvalue weighted by molar-refractivity contribution is 8.02. The van der Waals surface area contributed by atoms with E-state index in [0.29, 0.717) is 15.7 Å². The first-order valence-corrected chi connectivity index (χ1v) is 11.8. The number of para-hydroxylation sites is 1. The number of ether oxygens (including phenoxy) is 1. The lowest BCUT2D eigenvalue weighted by molar-refractivity contribution is 0.0727. The molecule has 2 heterocycles. The normalized spacial score (nSPS) is 16.7. The molecule has 0 radical (unpaired) electrons. The summed E-state index contributed by atoms with van der Waals surface area (Å²) in [5, 5.41) is 5.15. The maximum absolute atomic E-state index is 13.3. The lowest BCUT2D eigenvalue weighted by Gasteiger charge is -2.22. The lowest BCUT2D eigenvalue weighted by Crippen LogP contribution is -2.24. The van der Waals surface area contributed by atoms with Crippen molar-refractivity contribution in [1.29, 1.82) is 0 Å². The van der Waals surface area contributed by atoms with Gasteiger partial charge in [0.2, 0.25) is 0 Å². The van der Waals surface area contributed by atoms with Crippen LogP contribution in [0.15, 0.2) is 75.4 Å². The van der Waals surface area contributed by atoms with Crippen molar-refractivity contribution in [2.24, 2.45) is 0 Å². The van der Waals surface area contributed by atoms with Gasteiger partial charge in [0.05, 0.1) is 16.8 Å². The monoisotopic (exact) mass is 444 g/mol. The van der Waals surface area contributed by atoms with Gasteiger partial charge >= 0.3 is 0 Å². The molecule has 0 amide bonds. The summed E-state index contributed by atoms with van der Waals surface area (Å²) < 4.78 is 7.34. The van der Waals surface area contributed by atoms with Crippen LogP contribution in [0, 0.1) is 0 Å². The molecule has 0 bridgehead atoms. The Hall–Kier alpha value is -1.73. The van der Waals surface area contributed by atoms with Crippen LogP contribution in [0.1, 0.15) is 24.8 Å². The van der Waals surface area contributed by atoms with Gasteiger partial charge in [0, 0.05) is 22.3 Å². The van der Waals surface area contributed by atoms with Crippen LogP contribution < -0.4 is 5.56 Å². The zero-order valence-corrected chi connectivity index (χ0v) is 18.2. The van der Waals surface area contributed by atoms with E-state index in [1.54, 1.807) is 18.0 Å². The van der Waals surface area contributed by atoms with E-state index >= 15 is 0 Å². The highest BCUT2D eigenvalue weighted by Crippen LogP contribution is 2.35. The third-order valence-electron chi connectivity index (χ3n) is 4.59. The number of thioether (sulfide) groups is 2. The van der Waals surface area contributed by atoms with Gasteiger partial charge in [-0.1, -0.05) is 53.7 Å². The predicted octanol–water partition coefficient (Wildman–Crippen LogP) is 5.80. The molecule has 1 aliphatic heterocycles. The van der Waals surface area contributed by atoms with Gasteiger partial charge in [-0.2, -0.15) is 9.78 Å². The Kier molecular flexibility index (Phi) is 6.98. The van der Waals surface area contributed by atoms with E-state index in [1.165, 1.54) is 16.4 Å². The Morgan fingerprint density at radius 3 is 2.62 bits per heavy atom. The van der Waals surface area contributed by atoms with Gasteiger partial charge in [-0.3, -0.25) is 4.79 Å². The molecule has 0 aliphatic carbocycles. The summed E-state index contributed by atoms with van der Waals surface area (Å²) in [6.07, 6.45) is 5.04. The van der Waals surface area contributed by atoms with Crippen molar-refractivity contribution >= 4 is 35.1 Å². The molecule has 3 aromatic rings. The zero-order chi connectivity index (χ0) is 20.1. The van der Waals surface area contributed by atoms with Crippen molar-refractivity contribution in [2.75, 3.05) is 6.61 Å². The van der Waals surface area contributed by atoms with Crippen LogP contribution >= 0.6 is 35.1 Å². The molecule has 2 aromatic carbocycles. The van der Waals surface area contributed by atoms with E-state index in [4.69, 9.17) is 16.3 Å². The molecule has 1 aliphatic rings. The first kappa shape index (κ1) is 20.5. The number of hydrogen-bond acceptors (Lipinski definition) is 5. The maximum atomic E-state index is 13.3. The minimum absolute atomic E-state index is 0.0763. The van der Waals surface area contributed by atoms with E-state index in [9.17, 15) is 4.79 Å². The van der Waals surface area contributed by atoms with Crippen molar-refractivity contribution in [1.82, 2.24) is 9.78 Å². The van der Waals surface area contributed by atoms with Crippen molar-refractivity contribution in [3.8, 4) is 5.69 Å². The summed E-state index contributed by atoms with van der Waals surface area (Å²) in [4.78, 5) is 14.9. The first-order chi connectivity index (χ1) is 14.2. The SMILES string of the molecule is O=c1c(SCc2ccc(Cl)cc2)c(S[C@@H]2CCCCO2)cnn1-c1ccccc1. The van der Waals surface area contributed by atoms with Crippen LogP contribution in [0.25, 0.3) is 5.69 Å². The molecule has 1 aromatic heterocycles. The zero-order valence-electron chi connectivity index (χ0n) is 15.8. The second kappa shape index (κ2) is 9.85. The second-order valence-corrected chi connectivity index (χ2v) is 9.34. The summed E-state index contributed by atoms with van der Waals surface area (Å²) in [6, 6.07) is 17.2. The Bertz CT molecular complexity index is 1000. The van der Waals surface area contributed by atoms with Crippen molar-refractivity contribution in [3.63, 3.8) is 0 Å². The molecule has 4 nitrogen and oxygen atoms in total. The molecule has 7 heteroatoms. The fourth-order valence-corrected chi connectivity index (χ4v) is 5.46. The fraction of sp³-hybridized carbons (Fsp3) is 0.273. The number of benzene rings is 2. The van der Waals surface area contributed by atoms with E-state index in [-0.39, 0.29) is 11.0 Å². The topological polar surface area (TPSA) is 44.1 Å². The number of halogens is 1. The molecule has 1 fully saturated rings. The number of rotatable bonds is 6. The van der Waals surface area contributed by atoms with E-state index in [2.05, 4.69) is 5.10 Å². The summed E-state index contributed by atoms with van der Waals surface area (Å²) in [7, 11) is 0. The Balaban J connectivity index is 1.65. The first-order valence-electron chi connectivity index (χ1n) is 9.54. The molecule has 0 N–H and O–H groups in total. The molecule has 1 saturated heterocycles. The summed E-state index contributed by atoms with van der Waals surface area (Å²) in [6.45, 7) is 0.777. The fourth-order valence-electron chi connectivity index (χ4n) is 3.07. The minimum atomic E-state index is -0.101. The molecule has 4 rings (SSSR count). The number of nitrogens with zero attached hydrogens (tertiary/aromatic N) is 2. The number of hydrogen-bond donors (Lipinski definition) is 0. The Morgan fingerprint density at radius 2 is 1.90 bits per heavy atom. The molecule has 0 spiro atoms.